The van der Waals surface area contributed by atoms with Crippen molar-refractivity contribution in [1.82, 2.24) is 9.55 Å². The van der Waals surface area contributed by atoms with Crippen LogP contribution in [0.15, 0.2) is 146 Å². The molecule has 0 radical (unpaired) electrons. The summed E-state index contributed by atoms with van der Waals surface area (Å²) in [7, 11) is 0. The molecule has 1 aliphatic heterocycles. The van der Waals surface area contributed by atoms with E-state index in [2.05, 4.69) is 297 Å². The molecular weight excluding hydrogens is 1140 g/mol. The van der Waals surface area contributed by atoms with Crippen molar-refractivity contribution in [1.29, 1.82) is 0 Å². The molecule has 9 aromatic rings. The maximum Gasteiger partial charge on any atom is 0.135 e. The molecular formula is C73H81N4OPt-3. The van der Waals surface area contributed by atoms with Gasteiger partial charge in [-0.1, -0.05) is 203 Å². The van der Waals surface area contributed by atoms with Gasteiger partial charge in [0.2, 0.25) is 0 Å². The molecule has 0 amide bonds. The molecule has 10 rings (SSSR count). The Hall–Kier alpha value is -6.42. The van der Waals surface area contributed by atoms with Crippen molar-refractivity contribution in [3.8, 4) is 28.4 Å². The number of fused-ring (bicyclic) bond motifs is 4. The van der Waals surface area contributed by atoms with Gasteiger partial charge in [0, 0.05) is 61.3 Å². The SMILES string of the molecule is CC(C)c1cccc(C(C)C)c1-c1ccc2c(c1)N(c1[c-]c(Oc3[c-]c4c(cc3)c3cc(C(C)(C)C)ccc3n4-c3cc(C(C)(C)C)ccn3)cc(C(C)(C)c3ccccc3)c1)[CH-]N2c1cc(C(C)(C)C)cc(C(C)(C)C)c1.[Pt]. The summed E-state index contributed by atoms with van der Waals surface area (Å²) in [6.07, 6.45) is 1.93. The van der Waals surface area contributed by atoms with Gasteiger partial charge in [0.05, 0.1) is 0 Å². The summed E-state index contributed by atoms with van der Waals surface area (Å²) in [6, 6.07) is 59.5. The number of nitrogens with zero attached hydrogens (tertiary/aromatic N) is 4. The van der Waals surface area contributed by atoms with Crippen LogP contribution in [-0.4, -0.2) is 9.55 Å². The minimum Gasteiger partial charge on any atom is -0.509 e. The van der Waals surface area contributed by atoms with E-state index in [0.717, 1.165) is 55.9 Å². The van der Waals surface area contributed by atoms with E-state index in [0.29, 0.717) is 23.3 Å². The van der Waals surface area contributed by atoms with Crippen LogP contribution in [0, 0.1) is 18.8 Å². The molecule has 1 aliphatic rings. The third-order valence-corrected chi connectivity index (χ3v) is 16.2. The molecule has 7 aromatic carbocycles. The van der Waals surface area contributed by atoms with Crippen molar-refractivity contribution in [2.75, 3.05) is 9.80 Å². The Morgan fingerprint density at radius 2 is 1.10 bits per heavy atom. The Bertz CT molecular complexity index is 3660. The van der Waals surface area contributed by atoms with Gasteiger partial charge in [-0.2, -0.15) is 6.07 Å². The summed E-state index contributed by atoms with van der Waals surface area (Å²) in [6.45, 7) is 43.6. The molecule has 0 saturated carbocycles. The second kappa shape index (κ2) is 20.9. The molecule has 0 spiro atoms. The van der Waals surface area contributed by atoms with E-state index < -0.39 is 5.41 Å². The van der Waals surface area contributed by atoms with Crippen LogP contribution < -0.4 is 14.5 Å². The smallest absolute Gasteiger partial charge is 0.135 e. The predicted octanol–water partition coefficient (Wildman–Crippen LogP) is 20.4. The van der Waals surface area contributed by atoms with Gasteiger partial charge in [-0.3, -0.25) is 0 Å². The van der Waals surface area contributed by atoms with Crippen LogP contribution in [0.4, 0.5) is 22.7 Å². The van der Waals surface area contributed by atoms with Gasteiger partial charge in [-0.05, 0) is 137 Å². The number of benzene rings is 7. The molecule has 0 unspecified atom stereocenters. The molecule has 412 valence electrons. The van der Waals surface area contributed by atoms with Gasteiger partial charge >= 0.3 is 0 Å². The summed E-state index contributed by atoms with van der Waals surface area (Å²) in [5, 5.41) is 2.26. The Morgan fingerprint density at radius 3 is 1.71 bits per heavy atom. The van der Waals surface area contributed by atoms with Crippen LogP contribution >= 0.6 is 0 Å². The van der Waals surface area contributed by atoms with Crippen molar-refractivity contribution < 1.29 is 25.8 Å². The van der Waals surface area contributed by atoms with E-state index >= 15 is 0 Å². The molecule has 0 aliphatic carbocycles. The fourth-order valence-corrected chi connectivity index (χ4v) is 11.1. The monoisotopic (exact) mass is 1220 g/mol. The number of anilines is 4. The molecule has 3 heterocycles. The van der Waals surface area contributed by atoms with E-state index in [1.807, 2.05) is 6.20 Å². The van der Waals surface area contributed by atoms with Crippen LogP contribution in [0.3, 0.4) is 0 Å². The molecule has 0 fully saturated rings. The Labute approximate surface area is 487 Å². The number of hydrogen-bond donors (Lipinski definition) is 0. The Balaban J connectivity index is 0.00000757. The quantitative estimate of drug-likeness (QED) is 0.128. The molecule has 79 heavy (non-hydrogen) atoms. The second-order valence-corrected chi connectivity index (χ2v) is 27.2. The molecule has 6 heteroatoms. The topological polar surface area (TPSA) is 33.5 Å². The van der Waals surface area contributed by atoms with Crippen LogP contribution in [0.2, 0.25) is 0 Å². The van der Waals surface area contributed by atoms with Crippen molar-refractivity contribution in [3.63, 3.8) is 0 Å². The second-order valence-electron chi connectivity index (χ2n) is 27.2. The zero-order valence-electron chi connectivity index (χ0n) is 50.1. The first-order valence-electron chi connectivity index (χ1n) is 28.2. The van der Waals surface area contributed by atoms with Crippen LogP contribution in [0.1, 0.15) is 181 Å². The van der Waals surface area contributed by atoms with Crippen LogP contribution in [-0.2, 0) is 48.1 Å². The molecule has 0 bridgehead atoms. The van der Waals surface area contributed by atoms with Gasteiger partial charge in [-0.25, -0.2) is 4.98 Å². The number of hydrogen-bond acceptors (Lipinski definition) is 4. The molecule has 0 N–H and O–H groups in total. The Kier molecular flexibility index (Phi) is 15.2. The molecule has 5 nitrogen and oxygen atoms in total. The number of pyridine rings is 1. The zero-order valence-corrected chi connectivity index (χ0v) is 52.4. The summed E-state index contributed by atoms with van der Waals surface area (Å²) in [5.74, 6) is 2.74. The summed E-state index contributed by atoms with van der Waals surface area (Å²) >= 11 is 0. The largest absolute Gasteiger partial charge is 0.509 e. The normalized spacial score (nSPS) is 13.5. The first kappa shape index (κ1) is 57.3. The van der Waals surface area contributed by atoms with Crippen molar-refractivity contribution in [3.05, 3.63) is 209 Å². The first-order chi connectivity index (χ1) is 36.6. The molecule has 0 saturated heterocycles. The zero-order chi connectivity index (χ0) is 56.0. The average molecular weight is 1230 g/mol. The Morgan fingerprint density at radius 1 is 0.481 bits per heavy atom. The molecule has 2 aromatic heterocycles. The van der Waals surface area contributed by atoms with Gasteiger partial charge in [0.15, 0.2) is 0 Å². The number of ether oxygens (including phenoxy) is 1. The van der Waals surface area contributed by atoms with E-state index in [9.17, 15) is 0 Å². The van der Waals surface area contributed by atoms with Gasteiger partial charge < -0.3 is 19.1 Å². The van der Waals surface area contributed by atoms with E-state index in [1.165, 1.54) is 50.1 Å². The maximum absolute atomic E-state index is 7.19. The third kappa shape index (κ3) is 11.1. The summed E-state index contributed by atoms with van der Waals surface area (Å²) in [5.41, 5.74) is 18.2. The number of aromatic nitrogens is 2. The number of rotatable bonds is 10. The third-order valence-electron chi connectivity index (χ3n) is 16.2. The minimum atomic E-state index is -0.410. The maximum atomic E-state index is 7.19. The summed E-state index contributed by atoms with van der Waals surface area (Å²) in [4.78, 5) is 9.75. The summed E-state index contributed by atoms with van der Waals surface area (Å²) < 4.78 is 9.44. The van der Waals surface area contributed by atoms with Gasteiger partial charge in [0.25, 0.3) is 0 Å². The fourth-order valence-electron chi connectivity index (χ4n) is 11.1. The van der Waals surface area contributed by atoms with E-state index in [1.54, 1.807) is 0 Å². The van der Waals surface area contributed by atoms with Crippen molar-refractivity contribution in [2.45, 2.75) is 164 Å². The van der Waals surface area contributed by atoms with E-state index in [4.69, 9.17) is 9.72 Å². The van der Waals surface area contributed by atoms with Gasteiger partial charge in [-0.15, -0.1) is 53.6 Å². The van der Waals surface area contributed by atoms with Crippen molar-refractivity contribution >= 4 is 44.6 Å². The molecule has 0 atom stereocenters. The standard InChI is InChI=1S/C73H81N4O.Pt/c1-46(2)59-25-22-26-60(47(3)4)68(59)48-27-31-64-66(35-48)76(45-75(64)55-37-52(71(11,12)13)36-53(38-55)72(14,15)16)56-39-54(73(17,18)49-23-20-19-21-24-49)40-58(43-56)78-57-29-30-61-62-41-50(69(5,6)7)28-32-63(62)77(65(61)44-57)67-42-51(33-34-74-67)70(8,9)10;/h19-42,45-47H,1-18H3;/q-3;. The first-order valence-corrected chi connectivity index (χ1v) is 28.2. The van der Waals surface area contributed by atoms with E-state index in [-0.39, 0.29) is 42.7 Å². The minimum absolute atomic E-state index is 0. The van der Waals surface area contributed by atoms with Crippen LogP contribution in [0.5, 0.6) is 11.5 Å². The average Bonchev–Trinajstić information content (AvgIpc) is 4.06. The van der Waals surface area contributed by atoms with Gasteiger partial charge in [0.1, 0.15) is 5.82 Å². The van der Waals surface area contributed by atoms with Crippen LogP contribution in [0.25, 0.3) is 38.8 Å². The fraction of sp³-hybridized carbons (Fsp3) is 0.342. The predicted molar refractivity (Wildman–Crippen MR) is 331 cm³/mol. The van der Waals surface area contributed by atoms with Crippen molar-refractivity contribution in [2.24, 2.45) is 0 Å².